The van der Waals surface area contributed by atoms with Gasteiger partial charge >= 0.3 is 0 Å². The highest BCUT2D eigenvalue weighted by Crippen LogP contribution is 2.41. The quantitative estimate of drug-likeness (QED) is 0.160. The third kappa shape index (κ3) is 5.51. The van der Waals surface area contributed by atoms with Crippen LogP contribution in [0.3, 0.4) is 0 Å². The second-order valence-corrected chi connectivity index (χ2v) is 10.4. The van der Waals surface area contributed by atoms with Crippen LogP contribution >= 0.6 is 11.7 Å². The van der Waals surface area contributed by atoms with Crippen molar-refractivity contribution < 1.29 is 4.74 Å². The summed E-state index contributed by atoms with van der Waals surface area (Å²) < 4.78 is 15.2. The predicted molar refractivity (Wildman–Crippen MR) is 156 cm³/mol. The molecule has 0 fully saturated rings. The lowest BCUT2D eigenvalue weighted by Crippen LogP contribution is -2.50. The van der Waals surface area contributed by atoms with Crippen LogP contribution in [0.5, 0.6) is 5.88 Å². The van der Waals surface area contributed by atoms with Crippen LogP contribution in [0.25, 0.3) is 0 Å². The summed E-state index contributed by atoms with van der Waals surface area (Å²) in [6.07, 6.45) is 6.04. The lowest BCUT2D eigenvalue weighted by molar-refractivity contribution is 0.290. The largest absolute Gasteiger partial charge is 0.476 e. The highest BCUT2D eigenvalue weighted by atomic mass is 32.1. The minimum atomic E-state index is -0.549. The Balaban J connectivity index is 1.44. The highest BCUT2D eigenvalue weighted by molar-refractivity contribution is 6.99. The van der Waals surface area contributed by atoms with Crippen molar-refractivity contribution in [3.63, 3.8) is 0 Å². The van der Waals surface area contributed by atoms with Gasteiger partial charge in [0.05, 0.1) is 24.9 Å². The van der Waals surface area contributed by atoms with Gasteiger partial charge < -0.3 is 10.1 Å². The Hall–Kier alpha value is -3.51. The Morgan fingerprint density at radius 3 is 1.89 bits per heavy atom. The molecule has 1 unspecified atom stereocenters. The van der Waals surface area contributed by atoms with Crippen molar-refractivity contribution in [1.82, 2.24) is 14.1 Å². The van der Waals surface area contributed by atoms with Crippen LogP contribution in [-0.2, 0) is 5.41 Å². The number of amidine groups is 1. The Morgan fingerprint density at radius 1 is 0.789 bits per heavy atom. The van der Waals surface area contributed by atoms with Crippen molar-refractivity contribution in [2.45, 2.75) is 50.4 Å². The zero-order valence-corrected chi connectivity index (χ0v) is 22.9. The van der Waals surface area contributed by atoms with Crippen LogP contribution in [0.2, 0.25) is 0 Å². The summed E-state index contributed by atoms with van der Waals surface area (Å²) in [6.45, 7) is 4.29. The molecule has 6 heteroatoms. The molecule has 1 atom stereocenters. The standard InChI is InChI=1S/C32H36N4OS/c1-2-3-4-5-15-22-37-30-29(35-38-36-30)25-23-33-31(34-24-25)32(26-16-9-6-10-17-26,27-18-11-7-12-19-27)28-20-13-8-14-21-28/h6-14,16-21,25H,2-5,15,22-24H2,1H3,(H,33,34). The van der Waals surface area contributed by atoms with Crippen LogP contribution in [0.1, 0.15) is 67.3 Å². The summed E-state index contributed by atoms with van der Waals surface area (Å²) in [4.78, 5) is 5.23. The average molecular weight is 525 g/mol. The average Bonchev–Trinajstić information content (AvgIpc) is 3.46. The number of hydrogen-bond donors (Lipinski definition) is 1. The van der Waals surface area contributed by atoms with Crippen molar-refractivity contribution in [2.24, 2.45) is 4.99 Å². The minimum absolute atomic E-state index is 0.118. The second kappa shape index (κ2) is 12.8. The van der Waals surface area contributed by atoms with Crippen molar-refractivity contribution in [1.29, 1.82) is 0 Å². The molecule has 1 aliphatic heterocycles. The van der Waals surface area contributed by atoms with E-state index in [0.29, 0.717) is 19.0 Å². The molecule has 1 N–H and O–H groups in total. The summed E-state index contributed by atoms with van der Waals surface area (Å²) >= 11 is 1.23. The molecule has 0 saturated carbocycles. The monoisotopic (exact) mass is 524 g/mol. The molecule has 1 aromatic heterocycles. The fourth-order valence-electron chi connectivity index (χ4n) is 5.36. The van der Waals surface area contributed by atoms with E-state index in [1.807, 2.05) is 0 Å². The number of aliphatic imine (C=N–C) groups is 1. The van der Waals surface area contributed by atoms with Crippen molar-refractivity contribution >= 4 is 17.6 Å². The molecule has 0 radical (unpaired) electrons. The molecule has 38 heavy (non-hydrogen) atoms. The topological polar surface area (TPSA) is 59.4 Å². The van der Waals surface area contributed by atoms with Crippen LogP contribution < -0.4 is 10.1 Å². The number of nitrogens with zero attached hydrogens (tertiary/aromatic N) is 3. The van der Waals surface area contributed by atoms with Crippen molar-refractivity contribution in [2.75, 3.05) is 19.7 Å². The van der Waals surface area contributed by atoms with Crippen LogP contribution in [0.4, 0.5) is 0 Å². The summed E-state index contributed by atoms with van der Waals surface area (Å²) in [6, 6.07) is 32.0. The van der Waals surface area contributed by atoms with E-state index in [-0.39, 0.29) is 5.92 Å². The zero-order valence-electron chi connectivity index (χ0n) is 22.1. The molecule has 1 aliphatic rings. The molecule has 0 aliphatic carbocycles. The number of aromatic nitrogens is 2. The van der Waals surface area contributed by atoms with E-state index in [2.05, 4.69) is 112 Å². The molecule has 2 heterocycles. The molecule has 0 spiro atoms. The van der Waals surface area contributed by atoms with Gasteiger partial charge in [0.1, 0.15) is 16.9 Å². The summed E-state index contributed by atoms with van der Waals surface area (Å²) in [5.74, 6) is 1.75. The van der Waals surface area contributed by atoms with Gasteiger partial charge in [-0.25, -0.2) is 0 Å². The summed E-state index contributed by atoms with van der Waals surface area (Å²) in [7, 11) is 0. The lowest BCUT2D eigenvalue weighted by atomic mass is 9.68. The Bertz CT molecular complexity index is 1190. The normalized spacial score (nSPS) is 15.5. The fraction of sp³-hybridized carbons (Fsp3) is 0.344. The van der Waals surface area contributed by atoms with Gasteiger partial charge in [-0.05, 0) is 23.1 Å². The zero-order chi connectivity index (χ0) is 26.0. The summed E-state index contributed by atoms with van der Waals surface area (Å²) in [5.41, 5.74) is 3.93. The first-order chi connectivity index (χ1) is 18.8. The van der Waals surface area contributed by atoms with Gasteiger partial charge in [0.15, 0.2) is 0 Å². The maximum atomic E-state index is 6.07. The van der Waals surface area contributed by atoms with Gasteiger partial charge in [0, 0.05) is 12.5 Å². The number of ether oxygens (including phenoxy) is 1. The van der Waals surface area contributed by atoms with Crippen molar-refractivity contribution in [3.05, 3.63) is 113 Å². The maximum absolute atomic E-state index is 6.07. The van der Waals surface area contributed by atoms with Crippen molar-refractivity contribution in [3.8, 4) is 5.88 Å². The number of benzene rings is 3. The number of hydrogen-bond acceptors (Lipinski definition) is 6. The Morgan fingerprint density at radius 2 is 1.37 bits per heavy atom. The van der Waals surface area contributed by atoms with E-state index >= 15 is 0 Å². The molecule has 3 aromatic carbocycles. The van der Waals surface area contributed by atoms with E-state index < -0.39 is 5.41 Å². The molecule has 0 amide bonds. The molecule has 196 valence electrons. The van der Waals surface area contributed by atoms with E-state index in [9.17, 15) is 0 Å². The Labute approximate surface area is 230 Å². The van der Waals surface area contributed by atoms with E-state index in [1.165, 1.54) is 54.1 Å². The van der Waals surface area contributed by atoms with Gasteiger partial charge in [0.25, 0.3) is 0 Å². The van der Waals surface area contributed by atoms with E-state index in [0.717, 1.165) is 24.5 Å². The molecule has 5 nitrogen and oxygen atoms in total. The first-order valence-corrected chi connectivity index (χ1v) is 14.5. The number of nitrogens with one attached hydrogen (secondary N) is 1. The molecule has 0 saturated heterocycles. The first-order valence-electron chi connectivity index (χ1n) is 13.7. The van der Waals surface area contributed by atoms with Crippen LogP contribution in [0, 0.1) is 0 Å². The van der Waals surface area contributed by atoms with Crippen LogP contribution in [0.15, 0.2) is 96.0 Å². The maximum Gasteiger partial charge on any atom is 0.249 e. The van der Waals surface area contributed by atoms with Gasteiger partial charge in [-0.3, -0.25) is 4.99 Å². The molecule has 4 aromatic rings. The van der Waals surface area contributed by atoms with Crippen LogP contribution in [-0.4, -0.2) is 34.3 Å². The molecule has 5 rings (SSSR count). The van der Waals surface area contributed by atoms with E-state index in [4.69, 9.17) is 9.73 Å². The Kier molecular flexibility index (Phi) is 8.82. The molecule has 0 bridgehead atoms. The third-order valence-corrected chi connectivity index (χ3v) is 7.84. The van der Waals surface area contributed by atoms with Gasteiger partial charge in [-0.2, -0.15) is 4.37 Å². The SMILES string of the molecule is CCCCCCCOc1nsnc1C1CN=C(C(c2ccccc2)(c2ccccc2)c2ccccc2)NC1. The second-order valence-electron chi connectivity index (χ2n) is 9.83. The lowest BCUT2D eigenvalue weighted by Gasteiger charge is -2.39. The fourth-order valence-corrected chi connectivity index (χ4v) is 5.94. The minimum Gasteiger partial charge on any atom is -0.476 e. The smallest absolute Gasteiger partial charge is 0.249 e. The first kappa shape index (κ1) is 26.1. The van der Waals surface area contributed by atoms with E-state index in [1.54, 1.807) is 0 Å². The highest BCUT2D eigenvalue weighted by Gasteiger charge is 2.43. The molecular weight excluding hydrogens is 488 g/mol. The third-order valence-electron chi connectivity index (χ3n) is 7.32. The number of rotatable bonds is 12. The predicted octanol–water partition coefficient (Wildman–Crippen LogP) is 7.01. The summed E-state index contributed by atoms with van der Waals surface area (Å²) in [5, 5.41) is 3.74. The number of unbranched alkanes of at least 4 members (excludes halogenated alkanes) is 4. The van der Waals surface area contributed by atoms with Gasteiger partial charge in [0.2, 0.25) is 5.88 Å². The molecular formula is C32H36N4OS. The van der Waals surface area contributed by atoms with Gasteiger partial charge in [-0.1, -0.05) is 124 Å². The van der Waals surface area contributed by atoms with Gasteiger partial charge in [-0.15, -0.1) is 4.37 Å².